The minimum absolute atomic E-state index is 0.0180. The highest BCUT2D eigenvalue weighted by Crippen LogP contribution is 2.27. The van der Waals surface area contributed by atoms with Gasteiger partial charge in [-0.3, -0.25) is 8.98 Å². The van der Waals surface area contributed by atoms with Gasteiger partial charge in [-0.2, -0.15) is 8.42 Å². The lowest BCUT2D eigenvalue weighted by Crippen LogP contribution is -2.50. The number of esters is 1. The zero-order valence-corrected chi connectivity index (χ0v) is 11.9. The second-order valence-corrected chi connectivity index (χ2v) is 6.12. The van der Waals surface area contributed by atoms with Crippen LogP contribution < -0.4 is 5.32 Å². The molecular formula is C11H19NO6S. The molecule has 1 rings (SSSR count). The van der Waals surface area contributed by atoms with Gasteiger partial charge in [0.05, 0.1) is 19.5 Å². The zero-order valence-electron chi connectivity index (χ0n) is 11.1. The van der Waals surface area contributed by atoms with E-state index in [-0.39, 0.29) is 25.5 Å². The molecule has 1 atom stereocenters. The lowest BCUT2D eigenvalue weighted by molar-refractivity contribution is -0.152. The topological polar surface area (TPSA) is 98.8 Å². The normalized spacial score (nSPS) is 23.2. The number of ether oxygens (including phenoxy) is 1. The van der Waals surface area contributed by atoms with E-state index in [1.54, 1.807) is 6.92 Å². The molecule has 1 aliphatic rings. The summed E-state index contributed by atoms with van der Waals surface area (Å²) < 4.78 is 31.2. The molecule has 19 heavy (non-hydrogen) atoms. The van der Waals surface area contributed by atoms with Crippen molar-refractivity contribution in [1.29, 1.82) is 0 Å². The average molecular weight is 293 g/mol. The lowest BCUT2D eigenvalue weighted by Gasteiger charge is -2.26. The molecule has 8 heteroatoms. The summed E-state index contributed by atoms with van der Waals surface area (Å²) in [6.45, 7) is 1.90. The summed E-state index contributed by atoms with van der Waals surface area (Å²) in [6.07, 6.45) is 2.24. The number of hydrogen-bond donors (Lipinski definition) is 1. The third-order valence-electron chi connectivity index (χ3n) is 2.87. The Morgan fingerprint density at radius 3 is 2.63 bits per heavy atom. The van der Waals surface area contributed by atoms with Crippen molar-refractivity contribution in [3.05, 3.63) is 0 Å². The van der Waals surface area contributed by atoms with Crippen LogP contribution >= 0.6 is 0 Å². The Hall–Kier alpha value is -1.15. The maximum absolute atomic E-state index is 11.9. The second-order valence-electron chi connectivity index (χ2n) is 4.48. The van der Waals surface area contributed by atoms with E-state index in [2.05, 4.69) is 9.50 Å². The zero-order chi connectivity index (χ0) is 14.5. The predicted molar refractivity (Wildman–Crippen MR) is 66.8 cm³/mol. The van der Waals surface area contributed by atoms with Gasteiger partial charge < -0.3 is 10.1 Å². The molecule has 0 unspecified atom stereocenters. The van der Waals surface area contributed by atoms with Gasteiger partial charge in [-0.1, -0.05) is 0 Å². The second kappa shape index (κ2) is 6.33. The molecule has 110 valence electrons. The maximum atomic E-state index is 11.9. The fraction of sp³-hybridized carbons (Fsp3) is 0.818. The van der Waals surface area contributed by atoms with E-state index < -0.39 is 21.6 Å². The molecule has 7 nitrogen and oxygen atoms in total. The van der Waals surface area contributed by atoms with Crippen molar-refractivity contribution in [2.75, 3.05) is 19.5 Å². The molecule has 1 saturated heterocycles. The number of hydrogen-bond acceptors (Lipinski definition) is 6. The van der Waals surface area contributed by atoms with Gasteiger partial charge in [0, 0.05) is 6.42 Å². The molecule has 1 aliphatic heterocycles. The van der Waals surface area contributed by atoms with Gasteiger partial charge in [0.15, 0.2) is 0 Å². The van der Waals surface area contributed by atoms with Gasteiger partial charge >= 0.3 is 5.97 Å². The van der Waals surface area contributed by atoms with E-state index in [4.69, 9.17) is 4.74 Å². The van der Waals surface area contributed by atoms with Crippen LogP contribution in [0.2, 0.25) is 0 Å². The van der Waals surface area contributed by atoms with Crippen molar-refractivity contribution < 1.29 is 26.9 Å². The standard InChI is InChI=1S/C11H19NO6S/c1-3-17-10(14)11(7-5-9(13)12-11)6-4-8-18-19(2,15)16/h3-8H2,1-2H3,(H,12,13)/t11-/m0/s1. The Morgan fingerprint density at radius 2 is 2.16 bits per heavy atom. The Morgan fingerprint density at radius 1 is 1.47 bits per heavy atom. The van der Waals surface area contributed by atoms with Crippen molar-refractivity contribution in [2.45, 2.75) is 38.1 Å². The van der Waals surface area contributed by atoms with Crippen LogP contribution in [0.5, 0.6) is 0 Å². The average Bonchev–Trinajstić information content (AvgIpc) is 2.67. The smallest absolute Gasteiger partial charge is 0.331 e. The van der Waals surface area contributed by atoms with Crippen LogP contribution in [-0.2, 0) is 28.6 Å². The fourth-order valence-corrected chi connectivity index (χ4v) is 2.44. The van der Waals surface area contributed by atoms with Crippen molar-refractivity contribution >= 4 is 22.0 Å². The summed E-state index contributed by atoms with van der Waals surface area (Å²) in [5.41, 5.74) is -1.03. The molecule has 1 heterocycles. The van der Waals surface area contributed by atoms with Crippen LogP contribution in [0.15, 0.2) is 0 Å². The van der Waals surface area contributed by atoms with Crippen LogP contribution in [0.25, 0.3) is 0 Å². The molecule has 0 aromatic carbocycles. The highest BCUT2D eigenvalue weighted by Gasteiger charge is 2.45. The Labute approximate surface area is 112 Å². The number of amides is 1. The predicted octanol–water partition coefficient (Wildman–Crippen LogP) is -0.0453. The number of rotatable bonds is 7. The summed E-state index contributed by atoms with van der Waals surface area (Å²) in [5, 5.41) is 2.63. The molecular weight excluding hydrogens is 274 g/mol. The van der Waals surface area contributed by atoms with Gasteiger partial charge in [0.2, 0.25) is 5.91 Å². The van der Waals surface area contributed by atoms with Gasteiger partial charge in [-0.25, -0.2) is 4.79 Å². The van der Waals surface area contributed by atoms with Crippen LogP contribution in [0, 0.1) is 0 Å². The maximum Gasteiger partial charge on any atom is 0.331 e. The molecule has 1 fully saturated rings. The summed E-state index contributed by atoms with van der Waals surface area (Å²) >= 11 is 0. The molecule has 1 amide bonds. The van der Waals surface area contributed by atoms with E-state index in [0.29, 0.717) is 19.3 Å². The van der Waals surface area contributed by atoms with Crippen LogP contribution in [0.1, 0.15) is 32.6 Å². The van der Waals surface area contributed by atoms with E-state index in [1.807, 2.05) is 0 Å². The third-order valence-corrected chi connectivity index (χ3v) is 3.46. The van der Waals surface area contributed by atoms with E-state index in [0.717, 1.165) is 6.26 Å². The van der Waals surface area contributed by atoms with Crippen molar-refractivity contribution in [1.82, 2.24) is 5.32 Å². The molecule has 0 aliphatic carbocycles. The van der Waals surface area contributed by atoms with Crippen molar-refractivity contribution in [3.8, 4) is 0 Å². The van der Waals surface area contributed by atoms with Crippen molar-refractivity contribution in [3.63, 3.8) is 0 Å². The molecule has 0 aromatic heterocycles. The highest BCUT2D eigenvalue weighted by atomic mass is 32.2. The third kappa shape index (κ3) is 4.79. The largest absolute Gasteiger partial charge is 0.464 e. The molecule has 0 saturated carbocycles. The summed E-state index contributed by atoms with van der Waals surface area (Å²) in [4.78, 5) is 23.2. The van der Waals surface area contributed by atoms with E-state index >= 15 is 0 Å². The molecule has 0 spiro atoms. The molecule has 0 radical (unpaired) electrons. The first kappa shape index (κ1) is 15.9. The summed E-state index contributed by atoms with van der Waals surface area (Å²) in [7, 11) is -3.48. The Bertz CT molecular complexity index is 446. The molecule has 0 bridgehead atoms. The lowest BCUT2D eigenvalue weighted by atomic mass is 9.92. The minimum atomic E-state index is -3.48. The number of carbonyl (C=O) groups is 2. The summed E-state index contributed by atoms with van der Waals surface area (Å²) in [6, 6.07) is 0. The van der Waals surface area contributed by atoms with E-state index in [9.17, 15) is 18.0 Å². The first-order valence-corrected chi connectivity index (χ1v) is 7.93. The quantitative estimate of drug-likeness (QED) is 0.401. The van der Waals surface area contributed by atoms with Gasteiger partial charge in [0.25, 0.3) is 10.1 Å². The van der Waals surface area contributed by atoms with Crippen molar-refractivity contribution in [2.24, 2.45) is 0 Å². The number of nitrogens with one attached hydrogen (secondary N) is 1. The molecule has 1 N–H and O–H groups in total. The van der Waals surface area contributed by atoms with Gasteiger partial charge in [-0.05, 0) is 26.2 Å². The van der Waals surface area contributed by atoms with Crippen LogP contribution in [0.3, 0.4) is 0 Å². The Kier molecular flexibility index (Phi) is 5.30. The first-order valence-electron chi connectivity index (χ1n) is 6.12. The van der Waals surface area contributed by atoms with Gasteiger partial charge in [0.1, 0.15) is 5.54 Å². The summed E-state index contributed by atoms with van der Waals surface area (Å²) in [5.74, 6) is -0.669. The molecule has 0 aromatic rings. The SMILES string of the molecule is CCOC(=O)[C@]1(CCCOS(C)(=O)=O)CCC(=O)N1. The van der Waals surface area contributed by atoms with Gasteiger partial charge in [-0.15, -0.1) is 0 Å². The van der Waals surface area contributed by atoms with E-state index in [1.165, 1.54) is 0 Å². The first-order chi connectivity index (χ1) is 8.79. The minimum Gasteiger partial charge on any atom is -0.464 e. The fourth-order valence-electron chi connectivity index (χ4n) is 2.01. The number of carbonyl (C=O) groups excluding carboxylic acids is 2. The van der Waals surface area contributed by atoms with Crippen LogP contribution in [0.4, 0.5) is 0 Å². The Balaban J connectivity index is 2.56. The highest BCUT2D eigenvalue weighted by molar-refractivity contribution is 7.85. The van der Waals surface area contributed by atoms with Crippen LogP contribution in [-0.4, -0.2) is 45.3 Å². The monoisotopic (exact) mass is 293 g/mol.